The molecule has 0 bridgehead atoms. The van der Waals surface area contributed by atoms with Crippen molar-refractivity contribution in [2.24, 2.45) is 0 Å². The summed E-state index contributed by atoms with van der Waals surface area (Å²) in [6.07, 6.45) is 3.04. The number of hydrogen-bond acceptors (Lipinski definition) is 5. The van der Waals surface area contributed by atoms with Crippen molar-refractivity contribution in [1.82, 2.24) is 15.0 Å². The van der Waals surface area contributed by atoms with Crippen LogP contribution >= 0.6 is 11.3 Å². The van der Waals surface area contributed by atoms with Crippen molar-refractivity contribution < 1.29 is 13.2 Å². The largest absolute Gasteiger partial charge is 0.351 e. The highest BCUT2D eigenvalue weighted by molar-refractivity contribution is 7.91. The Morgan fingerprint density at radius 2 is 1.95 bits per heavy atom. The molecule has 2 heterocycles. The molecule has 1 amide bonds. The molecular formula is C12H13N3O3S2. The van der Waals surface area contributed by atoms with E-state index in [0.717, 1.165) is 11.3 Å². The molecule has 2 aromatic rings. The Kier molecular flexibility index (Phi) is 4.83. The molecule has 2 N–H and O–H groups in total. The Morgan fingerprint density at radius 3 is 2.60 bits per heavy atom. The highest BCUT2D eigenvalue weighted by Crippen LogP contribution is 2.14. The molecule has 0 saturated heterocycles. The normalized spacial score (nSPS) is 11.2. The van der Waals surface area contributed by atoms with Crippen molar-refractivity contribution in [3.63, 3.8) is 0 Å². The van der Waals surface area contributed by atoms with E-state index in [1.165, 1.54) is 18.5 Å². The number of thiophene rings is 1. The van der Waals surface area contributed by atoms with Gasteiger partial charge >= 0.3 is 0 Å². The highest BCUT2D eigenvalue weighted by Gasteiger charge is 2.14. The summed E-state index contributed by atoms with van der Waals surface area (Å²) < 4.78 is 26.3. The topological polar surface area (TPSA) is 88.2 Å². The van der Waals surface area contributed by atoms with Gasteiger partial charge in [-0.1, -0.05) is 6.07 Å². The van der Waals surface area contributed by atoms with Gasteiger partial charge in [0.05, 0.1) is 0 Å². The first-order valence-electron chi connectivity index (χ1n) is 5.81. The van der Waals surface area contributed by atoms with Crippen molar-refractivity contribution in [1.29, 1.82) is 0 Å². The lowest BCUT2D eigenvalue weighted by atomic mass is 10.2. The van der Waals surface area contributed by atoms with Crippen LogP contribution in [0.2, 0.25) is 0 Å². The summed E-state index contributed by atoms with van der Waals surface area (Å²) in [5.74, 6) is -0.261. The van der Waals surface area contributed by atoms with Crippen LogP contribution in [-0.2, 0) is 10.0 Å². The molecule has 6 nitrogen and oxygen atoms in total. The van der Waals surface area contributed by atoms with Gasteiger partial charge in [0, 0.05) is 31.0 Å². The van der Waals surface area contributed by atoms with Gasteiger partial charge < -0.3 is 5.32 Å². The van der Waals surface area contributed by atoms with Crippen molar-refractivity contribution in [2.45, 2.75) is 4.21 Å². The third kappa shape index (κ3) is 3.86. The molecule has 0 atom stereocenters. The SMILES string of the molecule is O=C(NCCNS(=O)(=O)c1cccs1)c1ccncc1. The molecule has 0 aliphatic carbocycles. The molecule has 2 rings (SSSR count). The van der Waals surface area contributed by atoms with Crippen LogP contribution in [0.5, 0.6) is 0 Å². The van der Waals surface area contributed by atoms with Crippen LogP contribution in [0.25, 0.3) is 0 Å². The molecule has 106 valence electrons. The van der Waals surface area contributed by atoms with Crippen LogP contribution < -0.4 is 10.0 Å². The van der Waals surface area contributed by atoms with Gasteiger partial charge in [-0.15, -0.1) is 11.3 Å². The molecule has 0 aliphatic rings. The Balaban J connectivity index is 1.79. The zero-order valence-corrected chi connectivity index (χ0v) is 12.1. The Labute approximate surface area is 120 Å². The quantitative estimate of drug-likeness (QED) is 0.774. The van der Waals surface area contributed by atoms with Gasteiger partial charge in [0.25, 0.3) is 5.91 Å². The summed E-state index contributed by atoms with van der Waals surface area (Å²) in [5.41, 5.74) is 0.487. The zero-order valence-electron chi connectivity index (χ0n) is 10.4. The number of nitrogens with zero attached hydrogens (tertiary/aromatic N) is 1. The Morgan fingerprint density at radius 1 is 1.20 bits per heavy atom. The summed E-state index contributed by atoms with van der Waals surface area (Å²) in [6.45, 7) is 0.350. The van der Waals surface area contributed by atoms with Gasteiger partial charge in [0.1, 0.15) is 4.21 Å². The summed E-state index contributed by atoms with van der Waals surface area (Å²) in [5, 5.41) is 4.32. The Bertz CT molecular complexity index is 655. The molecule has 0 radical (unpaired) electrons. The Hall–Kier alpha value is -1.77. The molecule has 20 heavy (non-hydrogen) atoms. The van der Waals surface area contributed by atoms with Gasteiger partial charge in [-0.2, -0.15) is 0 Å². The predicted octanol–water partition coefficient (Wildman–Crippen LogP) is 0.851. The number of rotatable bonds is 6. The van der Waals surface area contributed by atoms with E-state index in [2.05, 4.69) is 15.0 Å². The van der Waals surface area contributed by atoms with Gasteiger partial charge in [-0.25, -0.2) is 13.1 Å². The summed E-state index contributed by atoms with van der Waals surface area (Å²) >= 11 is 1.15. The van der Waals surface area contributed by atoms with E-state index < -0.39 is 10.0 Å². The maximum Gasteiger partial charge on any atom is 0.251 e. The van der Waals surface area contributed by atoms with Gasteiger partial charge in [-0.05, 0) is 23.6 Å². The van der Waals surface area contributed by atoms with Crippen LogP contribution in [0.4, 0.5) is 0 Å². The first-order chi connectivity index (χ1) is 9.59. The molecule has 0 unspecified atom stereocenters. The molecule has 2 aromatic heterocycles. The molecule has 0 saturated carbocycles. The lowest BCUT2D eigenvalue weighted by Gasteiger charge is -2.06. The summed E-state index contributed by atoms with van der Waals surface area (Å²) in [7, 11) is -3.47. The van der Waals surface area contributed by atoms with Gasteiger partial charge in [-0.3, -0.25) is 9.78 Å². The number of hydrogen-bond donors (Lipinski definition) is 2. The van der Waals surface area contributed by atoms with E-state index in [9.17, 15) is 13.2 Å². The standard InChI is InChI=1S/C12H13N3O3S2/c16-12(10-3-5-13-6-4-10)14-7-8-15-20(17,18)11-2-1-9-19-11/h1-6,9,15H,7-8H2,(H,14,16). The number of amides is 1. The van der Waals surface area contributed by atoms with Crippen molar-refractivity contribution in [3.05, 3.63) is 47.6 Å². The average molecular weight is 311 g/mol. The predicted molar refractivity (Wildman–Crippen MR) is 76.1 cm³/mol. The number of carbonyl (C=O) groups excluding carboxylic acids is 1. The second-order valence-electron chi connectivity index (χ2n) is 3.82. The van der Waals surface area contributed by atoms with Crippen LogP contribution in [0.1, 0.15) is 10.4 Å². The lowest BCUT2D eigenvalue weighted by Crippen LogP contribution is -2.34. The van der Waals surface area contributed by atoms with E-state index in [-0.39, 0.29) is 23.2 Å². The smallest absolute Gasteiger partial charge is 0.251 e. The van der Waals surface area contributed by atoms with Crippen LogP contribution in [0.3, 0.4) is 0 Å². The first-order valence-corrected chi connectivity index (χ1v) is 8.17. The van der Waals surface area contributed by atoms with Crippen LogP contribution in [0, 0.1) is 0 Å². The third-order valence-corrected chi connectivity index (χ3v) is 5.26. The zero-order chi connectivity index (χ0) is 14.4. The lowest BCUT2D eigenvalue weighted by molar-refractivity contribution is 0.0954. The fourth-order valence-electron chi connectivity index (χ4n) is 1.45. The van der Waals surface area contributed by atoms with Crippen LogP contribution in [0.15, 0.2) is 46.2 Å². The van der Waals surface area contributed by atoms with E-state index in [0.29, 0.717) is 5.56 Å². The van der Waals surface area contributed by atoms with Crippen molar-refractivity contribution in [2.75, 3.05) is 13.1 Å². The highest BCUT2D eigenvalue weighted by atomic mass is 32.2. The number of nitrogens with one attached hydrogen (secondary N) is 2. The second-order valence-corrected chi connectivity index (χ2v) is 6.76. The minimum atomic E-state index is -3.47. The van der Waals surface area contributed by atoms with Crippen molar-refractivity contribution in [3.8, 4) is 0 Å². The maximum absolute atomic E-state index is 11.8. The monoisotopic (exact) mass is 311 g/mol. The maximum atomic E-state index is 11.8. The fourth-order valence-corrected chi connectivity index (χ4v) is 3.52. The molecule has 8 heteroatoms. The number of sulfonamides is 1. The minimum Gasteiger partial charge on any atom is -0.351 e. The molecule has 0 spiro atoms. The molecular weight excluding hydrogens is 298 g/mol. The summed E-state index contributed by atoms with van der Waals surface area (Å²) in [6, 6.07) is 6.38. The van der Waals surface area contributed by atoms with Crippen LogP contribution in [-0.4, -0.2) is 32.4 Å². The van der Waals surface area contributed by atoms with Gasteiger partial charge in [0.15, 0.2) is 0 Å². The van der Waals surface area contributed by atoms with E-state index in [1.54, 1.807) is 23.6 Å². The van der Waals surface area contributed by atoms with E-state index >= 15 is 0 Å². The average Bonchev–Trinajstić information content (AvgIpc) is 2.99. The van der Waals surface area contributed by atoms with Crippen molar-refractivity contribution >= 4 is 27.3 Å². The van der Waals surface area contributed by atoms with E-state index in [4.69, 9.17) is 0 Å². The molecule has 0 aliphatic heterocycles. The first kappa shape index (κ1) is 14.6. The third-order valence-electron chi connectivity index (χ3n) is 2.41. The summed E-state index contributed by atoms with van der Waals surface area (Å²) in [4.78, 5) is 15.5. The number of carbonyl (C=O) groups is 1. The second kappa shape index (κ2) is 6.60. The number of aromatic nitrogens is 1. The molecule has 0 fully saturated rings. The van der Waals surface area contributed by atoms with Gasteiger partial charge in [0.2, 0.25) is 10.0 Å². The van der Waals surface area contributed by atoms with E-state index in [1.807, 2.05) is 0 Å². The molecule has 0 aromatic carbocycles. The number of pyridine rings is 1. The minimum absolute atomic E-state index is 0.136. The fraction of sp³-hybridized carbons (Fsp3) is 0.167.